The molecule has 1 aliphatic heterocycles. The fourth-order valence-corrected chi connectivity index (χ4v) is 6.46. The number of thiophene rings is 1. The quantitative estimate of drug-likeness (QED) is 0.482. The molecule has 1 fully saturated rings. The van der Waals surface area contributed by atoms with Gasteiger partial charge in [-0.25, -0.2) is 8.42 Å². The van der Waals surface area contributed by atoms with E-state index in [0.717, 1.165) is 12.8 Å². The third-order valence-corrected chi connectivity index (χ3v) is 8.69. The molecule has 2 amide bonds. The lowest BCUT2D eigenvalue weighted by atomic mass is 10.1. The van der Waals surface area contributed by atoms with Crippen LogP contribution in [-0.4, -0.2) is 37.1 Å². The first-order valence-electron chi connectivity index (χ1n) is 10.8. The highest BCUT2D eigenvalue weighted by molar-refractivity contribution is 7.89. The Kier molecular flexibility index (Phi) is 7.67. The topological polar surface area (TPSA) is 95.6 Å². The average molecular weight is 518 g/mol. The molecule has 0 unspecified atom stereocenters. The van der Waals surface area contributed by atoms with Crippen LogP contribution in [0.1, 0.15) is 33.8 Å². The number of carbonyl (C=O) groups is 2. The fraction of sp³-hybridized carbons (Fsp3) is 0.250. The van der Waals surface area contributed by atoms with Crippen molar-refractivity contribution in [1.82, 2.24) is 9.62 Å². The molecule has 2 heterocycles. The molecular weight excluding hydrogens is 494 g/mol. The summed E-state index contributed by atoms with van der Waals surface area (Å²) in [7, 11) is -4.00. The van der Waals surface area contributed by atoms with Crippen LogP contribution in [0.3, 0.4) is 0 Å². The van der Waals surface area contributed by atoms with Crippen molar-refractivity contribution < 1.29 is 18.0 Å². The van der Waals surface area contributed by atoms with Gasteiger partial charge in [-0.15, -0.1) is 11.3 Å². The minimum absolute atomic E-state index is 0.0215. The molecular formula is C24H24ClN3O4S2. The molecule has 3 aromatic rings. The highest BCUT2D eigenvalue weighted by Gasteiger charge is 2.37. The number of carbonyl (C=O) groups excluding carboxylic acids is 2. The first-order chi connectivity index (χ1) is 16.3. The standard InChI is InChI=1S/C24H24ClN3O4S2/c25-17-9-12-20(13-10-17)34(31,32)28(21-8-4-5-15-26-23(21)29)16-19-11-14-22(33-19)24(30)27-18-6-2-1-3-7-18/h1-3,6-7,9-14,21H,4-5,8,15-16H2,(H,26,29)(H,27,30)/t21-/m1/s1. The van der Waals surface area contributed by atoms with Crippen molar-refractivity contribution in [1.29, 1.82) is 0 Å². The van der Waals surface area contributed by atoms with Gasteiger partial charge < -0.3 is 10.6 Å². The SMILES string of the molecule is O=C(Nc1ccccc1)c1ccc(CN([C@@H]2CCCCNC2=O)S(=O)(=O)c2ccc(Cl)cc2)s1. The van der Waals surface area contributed by atoms with E-state index in [1.165, 1.54) is 39.9 Å². The largest absolute Gasteiger partial charge is 0.355 e. The van der Waals surface area contributed by atoms with E-state index in [2.05, 4.69) is 10.6 Å². The molecule has 4 rings (SSSR count). The number of halogens is 1. The Labute approximate surface area is 207 Å². The van der Waals surface area contributed by atoms with Crippen LogP contribution in [0.4, 0.5) is 5.69 Å². The molecule has 1 aliphatic rings. The highest BCUT2D eigenvalue weighted by atomic mass is 35.5. The summed E-state index contributed by atoms with van der Waals surface area (Å²) < 4.78 is 28.5. The molecule has 0 saturated carbocycles. The Morgan fingerprint density at radius 1 is 1.06 bits per heavy atom. The zero-order chi connectivity index (χ0) is 24.1. The van der Waals surface area contributed by atoms with E-state index in [0.29, 0.717) is 33.4 Å². The zero-order valence-electron chi connectivity index (χ0n) is 18.2. The van der Waals surface area contributed by atoms with Crippen molar-refractivity contribution >= 4 is 50.5 Å². The van der Waals surface area contributed by atoms with Crippen molar-refractivity contribution in [2.24, 2.45) is 0 Å². The second-order valence-corrected chi connectivity index (χ2v) is 11.4. The van der Waals surface area contributed by atoms with E-state index >= 15 is 0 Å². The molecule has 0 spiro atoms. The summed E-state index contributed by atoms with van der Waals surface area (Å²) in [6.45, 7) is 0.499. The summed E-state index contributed by atoms with van der Waals surface area (Å²) >= 11 is 7.15. The van der Waals surface area contributed by atoms with Crippen LogP contribution in [0.25, 0.3) is 0 Å². The van der Waals surface area contributed by atoms with E-state index in [1.807, 2.05) is 18.2 Å². The van der Waals surface area contributed by atoms with Crippen LogP contribution < -0.4 is 10.6 Å². The number of nitrogens with one attached hydrogen (secondary N) is 2. The zero-order valence-corrected chi connectivity index (χ0v) is 20.6. The molecule has 10 heteroatoms. The van der Waals surface area contributed by atoms with Crippen LogP contribution >= 0.6 is 22.9 Å². The van der Waals surface area contributed by atoms with E-state index in [1.54, 1.807) is 24.3 Å². The van der Waals surface area contributed by atoms with Crippen molar-refractivity contribution in [2.45, 2.75) is 36.7 Å². The molecule has 7 nitrogen and oxygen atoms in total. The van der Waals surface area contributed by atoms with Crippen molar-refractivity contribution in [3.63, 3.8) is 0 Å². The minimum atomic E-state index is -4.00. The van der Waals surface area contributed by atoms with Gasteiger partial charge in [-0.2, -0.15) is 4.31 Å². The molecule has 2 aromatic carbocycles. The monoisotopic (exact) mass is 517 g/mol. The lowest BCUT2D eigenvalue weighted by Crippen LogP contribution is -2.48. The second kappa shape index (κ2) is 10.7. The Morgan fingerprint density at radius 2 is 1.79 bits per heavy atom. The van der Waals surface area contributed by atoms with Crippen LogP contribution in [0.15, 0.2) is 71.6 Å². The lowest BCUT2D eigenvalue weighted by Gasteiger charge is -2.28. The molecule has 1 saturated heterocycles. The number of hydrogen-bond acceptors (Lipinski definition) is 5. The second-order valence-electron chi connectivity index (χ2n) is 7.89. The van der Waals surface area contributed by atoms with Gasteiger partial charge in [-0.1, -0.05) is 29.8 Å². The van der Waals surface area contributed by atoms with Gasteiger partial charge >= 0.3 is 0 Å². The van der Waals surface area contributed by atoms with Crippen LogP contribution in [0, 0.1) is 0 Å². The third kappa shape index (κ3) is 5.67. The molecule has 1 atom stereocenters. The summed E-state index contributed by atoms with van der Waals surface area (Å²) in [6.07, 6.45) is 1.94. The van der Waals surface area contributed by atoms with Gasteiger partial charge in [0.25, 0.3) is 5.91 Å². The number of benzene rings is 2. The van der Waals surface area contributed by atoms with Crippen molar-refractivity contribution in [3.05, 3.63) is 81.5 Å². The van der Waals surface area contributed by atoms with Crippen LogP contribution in [0.2, 0.25) is 5.02 Å². The van der Waals surface area contributed by atoms with Gasteiger partial charge in [0, 0.05) is 28.7 Å². The molecule has 34 heavy (non-hydrogen) atoms. The third-order valence-electron chi connectivity index (χ3n) is 5.50. The summed E-state index contributed by atoms with van der Waals surface area (Å²) in [5.74, 6) is -0.588. The Bertz CT molecular complexity index is 1260. The summed E-state index contributed by atoms with van der Waals surface area (Å²) in [5.41, 5.74) is 0.671. The normalized spacial score (nSPS) is 16.6. The van der Waals surface area contributed by atoms with Gasteiger partial charge in [-0.05, 0) is 67.8 Å². The lowest BCUT2D eigenvalue weighted by molar-refractivity contribution is -0.124. The predicted octanol–water partition coefficient (Wildman–Crippen LogP) is 4.51. The Hall–Kier alpha value is -2.72. The van der Waals surface area contributed by atoms with Gasteiger partial charge in [0.2, 0.25) is 15.9 Å². The maximum Gasteiger partial charge on any atom is 0.265 e. The Morgan fingerprint density at radius 3 is 2.53 bits per heavy atom. The summed E-state index contributed by atoms with van der Waals surface area (Å²) in [5, 5.41) is 6.07. The van der Waals surface area contributed by atoms with Gasteiger partial charge in [-0.3, -0.25) is 9.59 Å². The molecule has 0 aliphatic carbocycles. The van der Waals surface area contributed by atoms with Crippen LogP contribution in [-0.2, 0) is 21.4 Å². The van der Waals surface area contributed by atoms with Crippen molar-refractivity contribution in [2.75, 3.05) is 11.9 Å². The number of anilines is 1. The van der Waals surface area contributed by atoms with E-state index in [4.69, 9.17) is 11.6 Å². The minimum Gasteiger partial charge on any atom is -0.355 e. The number of hydrogen-bond donors (Lipinski definition) is 2. The predicted molar refractivity (Wildman–Crippen MR) is 134 cm³/mol. The molecule has 2 N–H and O–H groups in total. The number of rotatable bonds is 7. The summed E-state index contributed by atoms with van der Waals surface area (Å²) in [6, 6.07) is 17.5. The maximum atomic E-state index is 13.6. The smallest absolute Gasteiger partial charge is 0.265 e. The van der Waals surface area contributed by atoms with Crippen LogP contribution in [0.5, 0.6) is 0 Å². The van der Waals surface area contributed by atoms with E-state index in [-0.39, 0.29) is 23.3 Å². The highest BCUT2D eigenvalue weighted by Crippen LogP contribution is 2.28. The van der Waals surface area contributed by atoms with Crippen molar-refractivity contribution in [3.8, 4) is 0 Å². The first kappa shape index (κ1) is 24.4. The molecule has 0 radical (unpaired) electrons. The fourth-order valence-electron chi connectivity index (χ4n) is 3.76. The number of amides is 2. The first-order valence-corrected chi connectivity index (χ1v) is 13.5. The number of sulfonamides is 1. The van der Waals surface area contributed by atoms with Gasteiger partial charge in [0.05, 0.1) is 9.77 Å². The van der Waals surface area contributed by atoms with E-state index < -0.39 is 16.1 Å². The van der Waals surface area contributed by atoms with Gasteiger partial charge in [0.15, 0.2) is 0 Å². The van der Waals surface area contributed by atoms with Gasteiger partial charge in [0.1, 0.15) is 6.04 Å². The molecule has 0 bridgehead atoms. The molecule has 178 valence electrons. The Balaban J connectivity index is 1.62. The number of nitrogens with zero attached hydrogens (tertiary/aromatic N) is 1. The molecule has 1 aromatic heterocycles. The van der Waals surface area contributed by atoms with E-state index in [9.17, 15) is 18.0 Å². The summed E-state index contributed by atoms with van der Waals surface area (Å²) in [4.78, 5) is 26.6. The maximum absolute atomic E-state index is 13.6. The average Bonchev–Trinajstić information content (AvgIpc) is 3.20. The number of para-hydroxylation sites is 1.